The van der Waals surface area contributed by atoms with E-state index in [2.05, 4.69) is 48.5 Å². The van der Waals surface area contributed by atoms with Crippen LogP contribution >= 0.6 is 0 Å². The second-order valence-electron chi connectivity index (χ2n) is 6.37. The van der Waals surface area contributed by atoms with Gasteiger partial charge in [-0.2, -0.15) is 0 Å². The third kappa shape index (κ3) is 5.64. The standard InChI is InChI=1S/C18H30N2/c1-16-8-6-9-17(14-16)15-20(2)13-7-12-19-18-10-4-3-5-11-18/h6,8-9,14,18-19H,3-5,7,10-13,15H2,1-2H3. The number of hydrogen-bond donors (Lipinski definition) is 1. The van der Waals surface area contributed by atoms with E-state index in [0.717, 1.165) is 12.6 Å². The topological polar surface area (TPSA) is 15.3 Å². The van der Waals surface area contributed by atoms with Crippen LogP contribution in [0.5, 0.6) is 0 Å². The highest BCUT2D eigenvalue weighted by molar-refractivity contribution is 5.21. The third-order valence-electron chi connectivity index (χ3n) is 4.29. The van der Waals surface area contributed by atoms with Crippen molar-refractivity contribution in [2.75, 3.05) is 20.1 Å². The van der Waals surface area contributed by atoms with Gasteiger partial charge in [0, 0.05) is 12.6 Å². The predicted octanol–water partition coefficient (Wildman–Crippen LogP) is 3.74. The van der Waals surface area contributed by atoms with Crippen LogP contribution < -0.4 is 5.32 Å². The van der Waals surface area contributed by atoms with Crippen LogP contribution in [-0.2, 0) is 6.54 Å². The molecule has 1 N–H and O–H groups in total. The molecule has 0 spiro atoms. The molecule has 0 radical (unpaired) electrons. The number of nitrogens with zero attached hydrogens (tertiary/aromatic N) is 1. The van der Waals surface area contributed by atoms with Gasteiger partial charge in [-0.1, -0.05) is 49.1 Å². The Hall–Kier alpha value is -0.860. The molecule has 0 atom stereocenters. The van der Waals surface area contributed by atoms with Crippen LogP contribution in [0.15, 0.2) is 24.3 Å². The lowest BCUT2D eigenvalue weighted by molar-refractivity contribution is 0.308. The first-order valence-electron chi connectivity index (χ1n) is 8.21. The molecule has 1 aliphatic carbocycles. The molecule has 0 saturated heterocycles. The maximum Gasteiger partial charge on any atom is 0.0230 e. The van der Waals surface area contributed by atoms with Gasteiger partial charge in [-0.05, 0) is 51.9 Å². The zero-order valence-corrected chi connectivity index (χ0v) is 13.2. The Labute approximate surface area is 124 Å². The summed E-state index contributed by atoms with van der Waals surface area (Å²) in [7, 11) is 2.23. The molecule has 0 aliphatic heterocycles. The minimum Gasteiger partial charge on any atom is -0.314 e. The van der Waals surface area contributed by atoms with Gasteiger partial charge in [-0.15, -0.1) is 0 Å². The summed E-state index contributed by atoms with van der Waals surface area (Å²) < 4.78 is 0. The quantitative estimate of drug-likeness (QED) is 0.762. The Bertz CT molecular complexity index is 383. The average molecular weight is 274 g/mol. The van der Waals surface area contributed by atoms with Crippen LogP contribution in [0.1, 0.15) is 49.7 Å². The second kappa shape index (κ2) is 8.43. The molecule has 1 aliphatic rings. The van der Waals surface area contributed by atoms with Gasteiger partial charge in [0.25, 0.3) is 0 Å². The number of nitrogens with one attached hydrogen (secondary N) is 1. The molecule has 1 aromatic carbocycles. The molecule has 2 nitrogen and oxygen atoms in total. The second-order valence-corrected chi connectivity index (χ2v) is 6.37. The average Bonchev–Trinajstić information content (AvgIpc) is 2.45. The van der Waals surface area contributed by atoms with Gasteiger partial charge >= 0.3 is 0 Å². The molecule has 2 rings (SSSR count). The van der Waals surface area contributed by atoms with Crippen LogP contribution in [-0.4, -0.2) is 31.1 Å². The summed E-state index contributed by atoms with van der Waals surface area (Å²) in [6, 6.07) is 9.63. The largest absolute Gasteiger partial charge is 0.314 e. The first-order chi connectivity index (χ1) is 9.74. The SMILES string of the molecule is Cc1cccc(CN(C)CCCNC2CCCCC2)c1. The Kier molecular flexibility index (Phi) is 6.55. The molecule has 0 aromatic heterocycles. The fourth-order valence-electron chi connectivity index (χ4n) is 3.16. The Morgan fingerprint density at radius 3 is 2.75 bits per heavy atom. The number of hydrogen-bond acceptors (Lipinski definition) is 2. The lowest BCUT2D eigenvalue weighted by Gasteiger charge is -2.23. The maximum absolute atomic E-state index is 3.72. The summed E-state index contributed by atoms with van der Waals surface area (Å²) in [5.74, 6) is 0. The van der Waals surface area contributed by atoms with Crippen molar-refractivity contribution in [3.63, 3.8) is 0 Å². The predicted molar refractivity (Wildman–Crippen MR) is 87.0 cm³/mol. The van der Waals surface area contributed by atoms with Gasteiger partial charge in [0.05, 0.1) is 0 Å². The van der Waals surface area contributed by atoms with Crippen molar-refractivity contribution in [3.8, 4) is 0 Å². The van der Waals surface area contributed by atoms with Gasteiger partial charge in [0.2, 0.25) is 0 Å². The first-order valence-corrected chi connectivity index (χ1v) is 8.21. The van der Waals surface area contributed by atoms with E-state index in [1.54, 1.807) is 0 Å². The lowest BCUT2D eigenvalue weighted by atomic mass is 9.95. The molecular formula is C18H30N2. The Morgan fingerprint density at radius 1 is 1.20 bits per heavy atom. The fourth-order valence-corrected chi connectivity index (χ4v) is 3.16. The van der Waals surface area contributed by atoms with Crippen LogP contribution in [0.3, 0.4) is 0 Å². The Morgan fingerprint density at radius 2 is 2.00 bits per heavy atom. The summed E-state index contributed by atoms with van der Waals surface area (Å²) in [5.41, 5.74) is 2.78. The van der Waals surface area contributed by atoms with E-state index >= 15 is 0 Å². The van der Waals surface area contributed by atoms with Crippen molar-refractivity contribution in [2.24, 2.45) is 0 Å². The molecule has 1 saturated carbocycles. The highest BCUT2D eigenvalue weighted by atomic mass is 15.1. The van der Waals surface area contributed by atoms with E-state index in [0.29, 0.717) is 0 Å². The fraction of sp³-hybridized carbons (Fsp3) is 0.667. The summed E-state index contributed by atoms with van der Waals surface area (Å²) >= 11 is 0. The van der Waals surface area contributed by atoms with Crippen LogP contribution in [0.25, 0.3) is 0 Å². The molecule has 112 valence electrons. The maximum atomic E-state index is 3.72. The van der Waals surface area contributed by atoms with Gasteiger partial charge in [0.15, 0.2) is 0 Å². The molecule has 0 unspecified atom stereocenters. The van der Waals surface area contributed by atoms with Crippen molar-refractivity contribution in [1.82, 2.24) is 10.2 Å². The van der Waals surface area contributed by atoms with E-state index in [1.165, 1.54) is 62.7 Å². The van der Waals surface area contributed by atoms with Crippen molar-refractivity contribution < 1.29 is 0 Å². The molecule has 1 fully saturated rings. The number of benzene rings is 1. The summed E-state index contributed by atoms with van der Waals surface area (Å²) in [6.07, 6.45) is 8.31. The van der Waals surface area contributed by atoms with Gasteiger partial charge in [0.1, 0.15) is 0 Å². The lowest BCUT2D eigenvalue weighted by Crippen LogP contribution is -2.33. The normalized spacial score (nSPS) is 16.8. The van der Waals surface area contributed by atoms with Crippen molar-refractivity contribution in [1.29, 1.82) is 0 Å². The molecule has 2 heteroatoms. The summed E-state index contributed by atoms with van der Waals surface area (Å²) in [5, 5.41) is 3.72. The van der Waals surface area contributed by atoms with Crippen LogP contribution in [0.4, 0.5) is 0 Å². The molecule has 0 heterocycles. The van der Waals surface area contributed by atoms with Crippen LogP contribution in [0, 0.1) is 6.92 Å². The van der Waals surface area contributed by atoms with E-state index < -0.39 is 0 Å². The van der Waals surface area contributed by atoms with Gasteiger partial charge in [-0.25, -0.2) is 0 Å². The smallest absolute Gasteiger partial charge is 0.0230 e. The van der Waals surface area contributed by atoms with Gasteiger partial charge in [-0.3, -0.25) is 0 Å². The van der Waals surface area contributed by atoms with E-state index in [9.17, 15) is 0 Å². The summed E-state index contributed by atoms with van der Waals surface area (Å²) in [6.45, 7) is 5.57. The molecule has 0 amide bonds. The van der Waals surface area contributed by atoms with E-state index in [4.69, 9.17) is 0 Å². The third-order valence-corrected chi connectivity index (χ3v) is 4.29. The minimum absolute atomic E-state index is 0.797. The molecular weight excluding hydrogens is 244 g/mol. The minimum atomic E-state index is 0.797. The van der Waals surface area contributed by atoms with Crippen molar-refractivity contribution in [2.45, 2.75) is 58.0 Å². The van der Waals surface area contributed by atoms with E-state index in [-0.39, 0.29) is 0 Å². The highest BCUT2D eigenvalue weighted by Gasteiger charge is 2.11. The monoisotopic (exact) mass is 274 g/mol. The van der Waals surface area contributed by atoms with Crippen molar-refractivity contribution in [3.05, 3.63) is 35.4 Å². The van der Waals surface area contributed by atoms with Gasteiger partial charge < -0.3 is 10.2 Å². The van der Waals surface area contributed by atoms with Crippen LogP contribution in [0.2, 0.25) is 0 Å². The molecule has 1 aromatic rings. The zero-order valence-electron chi connectivity index (χ0n) is 13.2. The Balaban J connectivity index is 1.59. The highest BCUT2D eigenvalue weighted by Crippen LogP contribution is 2.17. The molecule has 0 bridgehead atoms. The van der Waals surface area contributed by atoms with E-state index in [1.807, 2.05) is 0 Å². The van der Waals surface area contributed by atoms with Crippen molar-refractivity contribution >= 4 is 0 Å². The number of aryl methyl sites for hydroxylation is 1. The summed E-state index contributed by atoms with van der Waals surface area (Å²) in [4.78, 5) is 2.43. The number of rotatable bonds is 7. The molecule has 20 heavy (non-hydrogen) atoms. The zero-order chi connectivity index (χ0) is 14.2. The first kappa shape index (κ1) is 15.5.